The van der Waals surface area contributed by atoms with Crippen molar-refractivity contribution in [2.24, 2.45) is 0 Å². The first-order chi connectivity index (χ1) is 8.15. The van der Waals surface area contributed by atoms with E-state index in [0.29, 0.717) is 17.1 Å². The monoisotopic (exact) mass is 247 g/mol. The lowest BCUT2D eigenvalue weighted by Gasteiger charge is -2.03. The molecule has 0 spiro atoms. The number of anilines is 1. The van der Waals surface area contributed by atoms with Gasteiger partial charge in [0.1, 0.15) is 5.82 Å². The van der Waals surface area contributed by atoms with E-state index in [4.69, 9.17) is 5.73 Å². The summed E-state index contributed by atoms with van der Waals surface area (Å²) in [5.74, 6) is 0.396. The molecule has 88 valence electrons. The van der Waals surface area contributed by atoms with Crippen LogP contribution in [0.1, 0.15) is 16.1 Å². The SMILES string of the molecule is CSC(=O)c1c(C)nn(-c2ccccc2)c1N. The molecule has 17 heavy (non-hydrogen) atoms. The fraction of sp³-hybridized carbons (Fsp3) is 0.167. The van der Waals surface area contributed by atoms with Crippen molar-refractivity contribution in [2.45, 2.75) is 6.92 Å². The zero-order valence-electron chi connectivity index (χ0n) is 9.68. The Morgan fingerprint density at radius 2 is 2.00 bits per heavy atom. The van der Waals surface area contributed by atoms with Gasteiger partial charge in [-0.2, -0.15) is 5.10 Å². The summed E-state index contributed by atoms with van der Waals surface area (Å²) >= 11 is 1.14. The maximum Gasteiger partial charge on any atom is 0.224 e. The van der Waals surface area contributed by atoms with Gasteiger partial charge in [0.05, 0.1) is 16.9 Å². The minimum atomic E-state index is -0.0535. The molecule has 1 aromatic carbocycles. The molecule has 1 aromatic heterocycles. The fourth-order valence-corrected chi connectivity index (χ4v) is 2.12. The van der Waals surface area contributed by atoms with Gasteiger partial charge in [-0.25, -0.2) is 4.68 Å². The summed E-state index contributed by atoms with van der Waals surface area (Å²) in [7, 11) is 0. The second-order valence-electron chi connectivity index (χ2n) is 3.58. The third-order valence-corrected chi connectivity index (χ3v) is 3.06. The number of aromatic nitrogens is 2. The molecule has 0 atom stereocenters. The number of rotatable bonds is 2. The molecular formula is C12H13N3OS. The van der Waals surface area contributed by atoms with E-state index in [0.717, 1.165) is 17.4 Å². The number of nitrogen functional groups attached to an aromatic ring is 1. The van der Waals surface area contributed by atoms with E-state index in [1.165, 1.54) is 0 Å². The Morgan fingerprint density at radius 1 is 1.35 bits per heavy atom. The van der Waals surface area contributed by atoms with Crippen molar-refractivity contribution in [2.75, 3.05) is 12.0 Å². The van der Waals surface area contributed by atoms with Crippen molar-refractivity contribution >= 4 is 22.7 Å². The fourth-order valence-electron chi connectivity index (χ4n) is 1.67. The molecule has 0 unspecified atom stereocenters. The minimum absolute atomic E-state index is 0.0535. The first-order valence-corrected chi connectivity index (χ1v) is 6.36. The highest BCUT2D eigenvalue weighted by Crippen LogP contribution is 2.23. The van der Waals surface area contributed by atoms with Gasteiger partial charge in [-0.05, 0) is 25.3 Å². The summed E-state index contributed by atoms with van der Waals surface area (Å²) < 4.78 is 1.60. The maximum atomic E-state index is 11.7. The number of hydrogen-bond acceptors (Lipinski definition) is 4. The number of benzene rings is 1. The van der Waals surface area contributed by atoms with Crippen LogP contribution in [-0.4, -0.2) is 21.2 Å². The average Bonchev–Trinajstić information content (AvgIpc) is 2.65. The highest BCUT2D eigenvalue weighted by atomic mass is 32.2. The van der Waals surface area contributed by atoms with E-state index in [1.807, 2.05) is 30.3 Å². The van der Waals surface area contributed by atoms with Crippen molar-refractivity contribution in [1.82, 2.24) is 9.78 Å². The molecular weight excluding hydrogens is 234 g/mol. The Kier molecular flexibility index (Phi) is 3.19. The van der Waals surface area contributed by atoms with Gasteiger partial charge in [-0.1, -0.05) is 30.0 Å². The third kappa shape index (κ3) is 2.06. The molecule has 0 saturated carbocycles. The average molecular weight is 247 g/mol. The molecule has 0 radical (unpaired) electrons. The highest BCUT2D eigenvalue weighted by molar-refractivity contribution is 8.13. The van der Waals surface area contributed by atoms with Gasteiger partial charge in [-0.3, -0.25) is 4.79 Å². The highest BCUT2D eigenvalue weighted by Gasteiger charge is 2.19. The van der Waals surface area contributed by atoms with Gasteiger partial charge in [0.2, 0.25) is 5.12 Å². The van der Waals surface area contributed by atoms with Gasteiger partial charge in [0.15, 0.2) is 0 Å². The lowest BCUT2D eigenvalue weighted by atomic mass is 10.2. The predicted octanol–water partition coefficient (Wildman–Crippen LogP) is 2.27. The first kappa shape index (κ1) is 11.7. The normalized spacial score (nSPS) is 10.5. The Morgan fingerprint density at radius 3 is 2.59 bits per heavy atom. The van der Waals surface area contributed by atoms with Crippen LogP contribution in [0.25, 0.3) is 5.69 Å². The Labute approximate surface area is 104 Å². The number of para-hydroxylation sites is 1. The Hall–Kier alpha value is -1.75. The van der Waals surface area contributed by atoms with Gasteiger partial charge in [0.25, 0.3) is 0 Å². The quantitative estimate of drug-likeness (QED) is 0.884. The molecule has 0 saturated heterocycles. The molecule has 2 N–H and O–H groups in total. The van der Waals surface area contributed by atoms with Crippen molar-refractivity contribution in [3.63, 3.8) is 0 Å². The van der Waals surface area contributed by atoms with Crippen molar-refractivity contribution in [3.05, 3.63) is 41.6 Å². The van der Waals surface area contributed by atoms with E-state index in [1.54, 1.807) is 17.9 Å². The van der Waals surface area contributed by atoms with Crippen LogP contribution in [-0.2, 0) is 0 Å². The van der Waals surface area contributed by atoms with Crippen molar-refractivity contribution in [3.8, 4) is 5.69 Å². The first-order valence-electron chi connectivity index (χ1n) is 5.14. The summed E-state index contributed by atoms with van der Waals surface area (Å²) in [6.45, 7) is 1.79. The van der Waals surface area contributed by atoms with Crippen LogP contribution < -0.4 is 5.73 Å². The van der Waals surface area contributed by atoms with Gasteiger partial charge >= 0.3 is 0 Å². The molecule has 4 nitrogen and oxygen atoms in total. The van der Waals surface area contributed by atoms with E-state index in [-0.39, 0.29) is 5.12 Å². The molecule has 0 bridgehead atoms. The van der Waals surface area contributed by atoms with Crippen LogP contribution in [0.3, 0.4) is 0 Å². The summed E-state index contributed by atoms with van der Waals surface area (Å²) in [5, 5.41) is 4.25. The summed E-state index contributed by atoms with van der Waals surface area (Å²) in [6.07, 6.45) is 1.74. The zero-order chi connectivity index (χ0) is 12.4. The van der Waals surface area contributed by atoms with Gasteiger partial charge in [0, 0.05) is 0 Å². The molecule has 0 aliphatic carbocycles. The van der Waals surface area contributed by atoms with Crippen molar-refractivity contribution in [1.29, 1.82) is 0 Å². The van der Waals surface area contributed by atoms with Crippen molar-refractivity contribution < 1.29 is 4.79 Å². The topological polar surface area (TPSA) is 60.9 Å². The molecule has 2 rings (SSSR count). The van der Waals surface area contributed by atoms with Crippen LogP contribution in [0.2, 0.25) is 0 Å². The predicted molar refractivity (Wildman–Crippen MR) is 70.6 cm³/mol. The number of carbonyl (C=O) groups is 1. The van der Waals surface area contributed by atoms with Gasteiger partial charge < -0.3 is 5.73 Å². The lowest BCUT2D eigenvalue weighted by Crippen LogP contribution is -2.04. The van der Waals surface area contributed by atoms with Crippen LogP contribution in [0.15, 0.2) is 30.3 Å². The van der Waals surface area contributed by atoms with Crippen LogP contribution in [0.4, 0.5) is 5.82 Å². The van der Waals surface area contributed by atoms with Crippen LogP contribution >= 0.6 is 11.8 Å². The van der Waals surface area contributed by atoms with E-state index >= 15 is 0 Å². The summed E-state index contributed by atoms with van der Waals surface area (Å²) in [5.41, 5.74) is 7.99. The number of nitrogens with two attached hydrogens (primary N) is 1. The second-order valence-corrected chi connectivity index (χ2v) is 4.36. The number of carbonyl (C=O) groups excluding carboxylic acids is 1. The summed E-state index contributed by atoms with van der Waals surface area (Å²) in [4.78, 5) is 11.7. The number of thioether (sulfide) groups is 1. The van der Waals surface area contributed by atoms with E-state index in [2.05, 4.69) is 5.10 Å². The second kappa shape index (κ2) is 4.63. The molecule has 0 fully saturated rings. The maximum absolute atomic E-state index is 11.7. The number of hydrogen-bond donors (Lipinski definition) is 1. The zero-order valence-corrected chi connectivity index (χ0v) is 10.5. The molecule has 2 aromatic rings. The lowest BCUT2D eigenvalue weighted by molar-refractivity contribution is 0.108. The molecule has 1 heterocycles. The molecule has 0 aliphatic heterocycles. The molecule has 5 heteroatoms. The Balaban J connectivity index is 2.56. The smallest absolute Gasteiger partial charge is 0.224 e. The number of nitrogens with zero attached hydrogens (tertiary/aromatic N) is 2. The minimum Gasteiger partial charge on any atom is -0.383 e. The molecule has 0 aliphatic rings. The summed E-state index contributed by atoms with van der Waals surface area (Å²) in [6, 6.07) is 9.53. The standard InChI is InChI=1S/C12H13N3OS/c1-8-10(12(16)17-2)11(13)15(14-8)9-6-4-3-5-7-9/h3-7H,13H2,1-2H3. The van der Waals surface area contributed by atoms with Gasteiger partial charge in [-0.15, -0.1) is 0 Å². The largest absolute Gasteiger partial charge is 0.383 e. The van der Waals surface area contributed by atoms with Crippen LogP contribution in [0, 0.1) is 6.92 Å². The van der Waals surface area contributed by atoms with Crippen LogP contribution in [0.5, 0.6) is 0 Å². The Bertz CT molecular complexity index is 548. The molecule has 0 amide bonds. The number of aryl methyl sites for hydroxylation is 1. The van der Waals surface area contributed by atoms with E-state index < -0.39 is 0 Å². The third-order valence-electron chi connectivity index (χ3n) is 2.49. The van der Waals surface area contributed by atoms with E-state index in [9.17, 15) is 4.79 Å².